The van der Waals surface area contributed by atoms with Crippen LogP contribution in [-0.2, 0) is 0 Å². The number of carbonyl (C=O) groups is 1. The molecule has 2 rings (SSSR count). The van der Waals surface area contributed by atoms with Gasteiger partial charge in [0, 0.05) is 32.2 Å². The molecule has 1 saturated heterocycles. The van der Waals surface area contributed by atoms with E-state index in [1.54, 1.807) is 11.0 Å². The second kappa shape index (κ2) is 5.57. The third-order valence-corrected chi connectivity index (χ3v) is 2.81. The monoisotopic (exact) mass is 253 g/mol. The van der Waals surface area contributed by atoms with Gasteiger partial charge in [-0.25, -0.2) is 9.18 Å². The van der Waals surface area contributed by atoms with E-state index in [-0.39, 0.29) is 11.8 Å². The van der Waals surface area contributed by atoms with E-state index < -0.39 is 0 Å². The third kappa shape index (κ3) is 2.82. The number of benzene rings is 1. The van der Waals surface area contributed by atoms with Gasteiger partial charge in [0.1, 0.15) is 11.6 Å². The van der Waals surface area contributed by atoms with Gasteiger partial charge in [0.25, 0.3) is 0 Å². The predicted molar refractivity (Wildman–Crippen MR) is 66.4 cm³/mol. The molecule has 1 aromatic rings. The number of rotatable bonds is 5. The molecule has 1 heterocycles. The predicted octanol–water partition coefficient (Wildman–Crippen LogP) is 1.27. The first-order chi connectivity index (χ1) is 8.70. The van der Waals surface area contributed by atoms with Crippen molar-refractivity contribution in [3.8, 4) is 5.75 Å². The molecule has 0 unspecified atom stereocenters. The van der Waals surface area contributed by atoms with Gasteiger partial charge >= 0.3 is 6.03 Å². The molecule has 0 radical (unpaired) electrons. The lowest BCUT2D eigenvalue weighted by molar-refractivity contribution is 0.219. The summed E-state index contributed by atoms with van der Waals surface area (Å²) in [6.07, 6.45) is 0. The minimum atomic E-state index is -0.337. The van der Waals surface area contributed by atoms with Crippen LogP contribution in [0.1, 0.15) is 0 Å². The maximum atomic E-state index is 13.0. The number of nitrogens with one attached hydrogen (secondary N) is 2. The van der Waals surface area contributed by atoms with Gasteiger partial charge in [0.2, 0.25) is 0 Å². The number of nitrogens with zero attached hydrogens (tertiary/aromatic N) is 1. The fraction of sp³-hybridized carbons (Fsp3) is 0.417. The van der Waals surface area contributed by atoms with Crippen LogP contribution in [0.5, 0.6) is 5.75 Å². The number of anilines is 1. The fourth-order valence-electron chi connectivity index (χ4n) is 1.86. The number of hydrogen-bond donors (Lipinski definition) is 2. The van der Waals surface area contributed by atoms with Crippen LogP contribution in [0.2, 0.25) is 0 Å². The average molecular weight is 253 g/mol. The number of hydrogen-bond acceptors (Lipinski definition) is 3. The first-order valence-electron chi connectivity index (χ1n) is 5.81. The number of urea groups is 1. The molecule has 1 aromatic carbocycles. The number of ether oxygens (including phenoxy) is 1. The van der Waals surface area contributed by atoms with E-state index in [0.717, 1.165) is 12.2 Å². The second-order valence-corrected chi connectivity index (χ2v) is 3.99. The Morgan fingerprint density at radius 3 is 3.06 bits per heavy atom. The maximum absolute atomic E-state index is 13.0. The Kier molecular flexibility index (Phi) is 3.86. The zero-order chi connectivity index (χ0) is 13.0. The Balaban J connectivity index is 1.88. The highest BCUT2D eigenvalue weighted by atomic mass is 19.1. The molecule has 2 N–H and O–H groups in total. The quantitative estimate of drug-likeness (QED) is 0.831. The van der Waals surface area contributed by atoms with Crippen molar-refractivity contribution < 1.29 is 13.9 Å². The van der Waals surface area contributed by atoms with E-state index in [1.807, 2.05) is 0 Å². The van der Waals surface area contributed by atoms with Crippen molar-refractivity contribution >= 4 is 11.7 Å². The summed E-state index contributed by atoms with van der Waals surface area (Å²) in [5.41, 5.74) is 0.721. The van der Waals surface area contributed by atoms with Crippen molar-refractivity contribution in [2.75, 3.05) is 38.6 Å². The molecule has 98 valence electrons. The largest absolute Gasteiger partial charge is 0.494 e. The average Bonchev–Trinajstić information content (AvgIpc) is 2.77. The molecule has 0 spiro atoms. The molecule has 18 heavy (non-hydrogen) atoms. The Morgan fingerprint density at radius 2 is 2.39 bits per heavy atom. The highest BCUT2D eigenvalue weighted by molar-refractivity contribution is 5.76. The summed E-state index contributed by atoms with van der Waals surface area (Å²) in [6.45, 7) is 2.61. The Labute approximate surface area is 105 Å². The normalized spacial score (nSPS) is 14.6. The Morgan fingerprint density at radius 1 is 1.56 bits per heavy atom. The van der Waals surface area contributed by atoms with E-state index in [1.165, 1.54) is 19.2 Å². The SMILES string of the molecule is COc1cc(F)ccc1NCCN1CCNC1=O. The summed E-state index contributed by atoms with van der Waals surface area (Å²) < 4.78 is 18.1. The van der Waals surface area contributed by atoms with E-state index in [9.17, 15) is 9.18 Å². The van der Waals surface area contributed by atoms with Crippen molar-refractivity contribution in [1.82, 2.24) is 10.2 Å². The summed E-state index contributed by atoms with van der Waals surface area (Å²) in [4.78, 5) is 13.0. The highest BCUT2D eigenvalue weighted by Gasteiger charge is 2.18. The fourth-order valence-corrected chi connectivity index (χ4v) is 1.86. The number of amides is 2. The number of carbonyl (C=O) groups excluding carboxylic acids is 1. The van der Waals surface area contributed by atoms with Crippen molar-refractivity contribution in [3.05, 3.63) is 24.0 Å². The van der Waals surface area contributed by atoms with Crippen LogP contribution in [0.3, 0.4) is 0 Å². The lowest BCUT2D eigenvalue weighted by Crippen LogP contribution is -2.32. The number of halogens is 1. The van der Waals surface area contributed by atoms with Crippen LogP contribution in [0.15, 0.2) is 18.2 Å². The molecule has 0 aliphatic carbocycles. The molecule has 2 amide bonds. The molecule has 1 aliphatic heterocycles. The van der Waals surface area contributed by atoms with E-state index in [2.05, 4.69) is 10.6 Å². The van der Waals surface area contributed by atoms with E-state index in [4.69, 9.17) is 4.74 Å². The molecule has 6 heteroatoms. The van der Waals surface area contributed by atoms with Gasteiger partial charge in [-0.05, 0) is 12.1 Å². The van der Waals surface area contributed by atoms with Crippen LogP contribution in [-0.4, -0.2) is 44.2 Å². The molecule has 0 saturated carbocycles. The summed E-state index contributed by atoms with van der Waals surface area (Å²) >= 11 is 0. The van der Waals surface area contributed by atoms with Gasteiger partial charge in [-0.1, -0.05) is 0 Å². The van der Waals surface area contributed by atoms with Gasteiger partial charge in [0.05, 0.1) is 12.8 Å². The zero-order valence-electron chi connectivity index (χ0n) is 10.2. The van der Waals surface area contributed by atoms with E-state index >= 15 is 0 Å². The lowest BCUT2D eigenvalue weighted by Gasteiger charge is -2.16. The van der Waals surface area contributed by atoms with Gasteiger partial charge in [0.15, 0.2) is 0 Å². The molecular weight excluding hydrogens is 237 g/mol. The van der Waals surface area contributed by atoms with Crippen LogP contribution in [0.4, 0.5) is 14.9 Å². The molecule has 1 fully saturated rings. The highest BCUT2D eigenvalue weighted by Crippen LogP contribution is 2.24. The molecule has 0 atom stereocenters. The van der Waals surface area contributed by atoms with Gasteiger partial charge in [-0.3, -0.25) is 0 Å². The minimum Gasteiger partial charge on any atom is -0.494 e. The molecule has 1 aliphatic rings. The van der Waals surface area contributed by atoms with Crippen LogP contribution in [0.25, 0.3) is 0 Å². The lowest BCUT2D eigenvalue weighted by atomic mass is 10.3. The van der Waals surface area contributed by atoms with Crippen molar-refractivity contribution in [1.29, 1.82) is 0 Å². The van der Waals surface area contributed by atoms with Gasteiger partial charge in [-0.2, -0.15) is 0 Å². The number of methoxy groups -OCH3 is 1. The first-order valence-corrected chi connectivity index (χ1v) is 5.81. The smallest absolute Gasteiger partial charge is 0.317 e. The molecular formula is C12H16FN3O2. The summed E-state index contributed by atoms with van der Waals surface area (Å²) in [6, 6.07) is 4.28. The van der Waals surface area contributed by atoms with Crippen molar-refractivity contribution in [2.45, 2.75) is 0 Å². The van der Waals surface area contributed by atoms with E-state index in [0.29, 0.717) is 25.4 Å². The molecule has 0 aromatic heterocycles. The first kappa shape index (κ1) is 12.5. The summed E-state index contributed by atoms with van der Waals surface area (Å²) in [5, 5.41) is 5.86. The topological polar surface area (TPSA) is 53.6 Å². The van der Waals surface area contributed by atoms with Crippen LogP contribution in [0, 0.1) is 5.82 Å². The summed E-state index contributed by atoms with van der Waals surface area (Å²) in [7, 11) is 1.49. The Bertz CT molecular complexity index is 439. The third-order valence-electron chi connectivity index (χ3n) is 2.81. The van der Waals surface area contributed by atoms with Gasteiger partial charge < -0.3 is 20.3 Å². The minimum absolute atomic E-state index is 0.0390. The maximum Gasteiger partial charge on any atom is 0.317 e. The van der Waals surface area contributed by atoms with Crippen LogP contribution < -0.4 is 15.4 Å². The van der Waals surface area contributed by atoms with Crippen LogP contribution >= 0.6 is 0 Å². The summed E-state index contributed by atoms with van der Waals surface area (Å²) in [5.74, 6) is 0.122. The Hall–Kier alpha value is -1.98. The zero-order valence-corrected chi connectivity index (χ0v) is 10.2. The molecule has 0 bridgehead atoms. The van der Waals surface area contributed by atoms with Crippen molar-refractivity contribution in [2.24, 2.45) is 0 Å². The molecule has 5 nitrogen and oxygen atoms in total. The second-order valence-electron chi connectivity index (χ2n) is 3.99. The van der Waals surface area contributed by atoms with Crippen molar-refractivity contribution in [3.63, 3.8) is 0 Å². The standard InChI is InChI=1S/C12H16FN3O2/c1-18-11-8-9(13)2-3-10(11)14-4-6-16-7-5-15-12(16)17/h2-3,8,14H,4-7H2,1H3,(H,15,17). The van der Waals surface area contributed by atoms with Gasteiger partial charge in [-0.15, -0.1) is 0 Å².